The molecule has 2 atom stereocenters. The van der Waals surface area contributed by atoms with Gasteiger partial charge in [-0.1, -0.05) is 79.6 Å². The Balaban J connectivity index is 1.37. The molecule has 1 heterocycles. The van der Waals surface area contributed by atoms with E-state index in [1.807, 2.05) is 12.1 Å². The second-order valence-electron chi connectivity index (χ2n) is 8.39. The highest BCUT2D eigenvalue weighted by atomic mass is 35.5. The standard InChI is InChI=1S/C27H30ClFO/c1-2-3-4-5-6-7-19-8-10-20(11-9-19)21-12-14-22(15-13-21)23-16-17-24(25-18-30-25)26(28)27(23)29/h4-5,8-11,14,16-17,21,25H,2-3,6-7,12-13,15,18H2,1H3/b5-4+. The average Bonchev–Trinajstić information content (AvgIpc) is 3.61. The van der Waals surface area contributed by atoms with Gasteiger partial charge in [0.25, 0.3) is 0 Å². The number of hydrogen-bond donors (Lipinski definition) is 0. The third-order valence-corrected chi connectivity index (χ3v) is 6.61. The molecule has 4 rings (SSSR count). The molecule has 2 unspecified atom stereocenters. The van der Waals surface area contributed by atoms with E-state index >= 15 is 0 Å². The van der Waals surface area contributed by atoms with Crippen LogP contribution in [0.15, 0.2) is 54.6 Å². The van der Waals surface area contributed by atoms with Crippen LogP contribution in [0.25, 0.3) is 5.57 Å². The summed E-state index contributed by atoms with van der Waals surface area (Å²) in [4.78, 5) is 0. The van der Waals surface area contributed by atoms with Crippen LogP contribution < -0.4 is 0 Å². The molecule has 1 aliphatic heterocycles. The molecule has 0 amide bonds. The van der Waals surface area contributed by atoms with Crippen molar-refractivity contribution in [3.8, 4) is 0 Å². The van der Waals surface area contributed by atoms with Crippen molar-refractivity contribution in [2.24, 2.45) is 0 Å². The lowest BCUT2D eigenvalue weighted by Gasteiger charge is -2.23. The quantitative estimate of drug-likeness (QED) is 0.307. The second kappa shape index (κ2) is 9.94. The molecule has 2 aromatic rings. The zero-order valence-electron chi connectivity index (χ0n) is 17.7. The maximum absolute atomic E-state index is 14.8. The third kappa shape index (κ3) is 5.04. The number of unbranched alkanes of at least 4 members (excludes halogenated alkanes) is 1. The molecule has 1 fully saturated rings. The molecular formula is C27H30ClFO. The van der Waals surface area contributed by atoms with Gasteiger partial charge in [0.2, 0.25) is 0 Å². The molecule has 30 heavy (non-hydrogen) atoms. The molecule has 0 saturated carbocycles. The molecule has 3 heteroatoms. The van der Waals surface area contributed by atoms with E-state index in [2.05, 4.69) is 49.4 Å². The van der Waals surface area contributed by atoms with Crippen LogP contribution in [0.1, 0.15) is 79.7 Å². The summed E-state index contributed by atoms with van der Waals surface area (Å²) in [6.07, 6.45) is 14.2. The van der Waals surface area contributed by atoms with Gasteiger partial charge < -0.3 is 4.74 Å². The van der Waals surface area contributed by atoms with E-state index in [0.29, 0.717) is 18.1 Å². The fourth-order valence-electron chi connectivity index (χ4n) is 4.28. The minimum absolute atomic E-state index is 0.0268. The Hall–Kier alpha value is -1.90. The van der Waals surface area contributed by atoms with Gasteiger partial charge in [0.15, 0.2) is 0 Å². The Kier molecular flexibility index (Phi) is 7.07. The highest BCUT2D eigenvalue weighted by Gasteiger charge is 2.30. The zero-order valence-corrected chi connectivity index (χ0v) is 18.4. The van der Waals surface area contributed by atoms with Crippen molar-refractivity contribution in [2.45, 2.75) is 63.9 Å². The van der Waals surface area contributed by atoms with Crippen LogP contribution in [0.5, 0.6) is 0 Å². The number of halogens is 2. The molecule has 2 aromatic carbocycles. The summed E-state index contributed by atoms with van der Waals surface area (Å²) < 4.78 is 20.1. The maximum Gasteiger partial charge on any atom is 0.149 e. The van der Waals surface area contributed by atoms with Crippen molar-refractivity contribution in [3.63, 3.8) is 0 Å². The smallest absolute Gasteiger partial charge is 0.149 e. The van der Waals surface area contributed by atoms with E-state index in [-0.39, 0.29) is 16.9 Å². The Morgan fingerprint density at radius 2 is 1.87 bits per heavy atom. The van der Waals surface area contributed by atoms with Crippen LogP contribution in [0.2, 0.25) is 5.02 Å². The molecule has 0 radical (unpaired) electrons. The van der Waals surface area contributed by atoms with Crippen LogP contribution in [-0.4, -0.2) is 6.61 Å². The number of epoxide rings is 1. The first-order chi connectivity index (χ1) is 14.7. The summed E-state index contributed by atoms with van der Waals surface area (Å²) in [5.74, 6) is 0.205. The average molecular weight is 425 g/mol. The van der Waals surface area contributed by atoms with Gasteiger partial charge in [0.1, 0.15) is 11.9 Å². The molecule has 0 bridgehead atoms. The summed E-state index contributed by atoms with van der Waals surface area (Å²) in [7, 11) is 0. The second-order valence-corrected chi connectivity index (χ2v) is 8.77. The highest BCUT2D eigenvalue weighted by molar-refractivity contribution is 6.31. The zero-order chi connectivity index (χ0) is 20.9. The Labute approximate surface area is 184 Å². The molecular weight excluding hydrogens is 395 g/mol. The van der Waals surface area contributed by atoms with E-state index in [9.17, 15) is 4.39 Å². The van der Waals surface area contributed by atoms with Crippen LogP contribution >= 0.6 is 11.6 Å². The minimum Gasteiger partial charge on any atom is -0.368 e. The van der Waals surface area contributed by atoms with Gasteiger partial charge in [-0.2, -0.15) is 0 Å². The molecule has 0 N–H and O–H groups in total. The normalized spacial score (nSPS) is 21.1. The van der Waals surface area contributed by atoms with Crippen LogP contribution in [-0.2, 0) is 11.2 Å². The Morgan fingerprint density at radius 3 is 2.53 bits per heavy atom. The van der Waals surface area contributed by atoms with Gasteiger partial charge in [-0.15, -0.1) is 0 Å². The fourth-order valence-corrected chi connectivity index (χ4v) is 4.57. The lowest BCUT2D eigenvalue weighted by atomic mass is 9.82. The maximum atomic E-state index is 14.8. The first-order valence-electron chi connectivity index (χ1n) is 11.2. The van der Waals surface area contributed by atoms with Crippen molar-refractivity contribution in [1.82, 2.24) is 0 Å². The topological polar surface area (TPSA) is 12.5 Å². The monoisotopic (exact) mass is 424 g/mol. The first kappa shape index (κ1) is 21.3. The number of benzene rings is 2. The van der Waals surface area contributed by atoms with Gasteiger partial charge in [0.05, 0.1) is 11.6 Å². The number of aryl methyl sites for hydroxylation is 1. The Morgan fingerprint density at radius 1 is 1.10 bits per heavy atom. The van der Waals surface area contributed by atoms with E-state index in [0.717, 1.165) is 43.2 Å². The van der Waals surface area contributed by atoms with Crippen LogP contribution in [0.3, 0.4) is 0 Å². The van der Waals surface area contributed by atoms with Crippen molar-refractivity contribution in [3.05, 3.63) is 87.7 Å². The fraction of sp³-hybridized carbons (Fsp3) is 0.407. The van der Waals surface area contributed by atoms with Gasteiger partial charge in [-0.05, 0) is 61.1 Å². The summed E-state index contributed by atoms with van der Waals surface area (Å²) in [6, 6.07) is 12.9. The molecule has 1 aliphatic carbocycles. The van der Waals surface area contributed by atoms with E-state index < -0.39 is 0 Å². The predicted octanol–water partition coefficient (Wildman–Crippen LogP) is 8.19. The summed E-state index contributed by atoms with van der Waals surface area (Å²) >= 11 is 6.27. The first-order valence-corrected chi connectivity index (χ1v) is 11.6. The lowest BCUT2D eigenvalue weighted by molar-refractivity contribution is 0.415. The van der Waals surface area contributed by atoms with Gasteiger partial charge in [-0.3, -0.25) is 0 Å². The number of rotatable bonds is 8. The lowest BCUT2D eigenvalue weighted by Crippen LogP contribution is -2.05. The SMILES string of the molecule is CCC/C=C/CCc1ccc(C2CC=C(c3ccc(C4CO4)c(Cl)c3F)CC2)cc1. The minimum atomic E-state index is -0.299. The summed E-state index contributed by atoms with van der Waals surface area (Å²) in [6.45, 7) is 2.84. The predicted molar refractivity (Wildman–Crippen MR) is 123 cm³/mol. The van der Waals surface area contributed by atoms with Crippen molar-refractivity contribution < 1.29 is 9.13 Å². The number of ether oxygens (including phenoxy) is 1. The summed E-state index contributed by atoms with van der Waals surface area (Å²) in [5.41, 5.74) is 5.27. The van der Waals surface area contributed by atoms with Crippen molar-refractivity contribution in [1.29, 1.82) is 0 Å². The largest absolute Gasteiger partial charge is 0.368 e. The molecule has 1 saturated heterocycles. The van der Waals surface area contributed by atoms with E-state index in [4.69, 9.17) is 16.3 Å². The highest BCUT2D eigenvalue weighted by Crippen LogP contribution is 2.41. The van der Waals surface area contributed by atoms with E-state index in [1.165, 1.54) is 24.0 Å². The van der Waals surface area contributed by atoms with Crippen LogP contribution in [0, 0.1) is 5.82 Å². The van der Waals surface area contributed by atoms with Gasteiger partial charge in [0, 0.05) is 11.1 Å². The molecule has 1 nitrogen and oxygen atoms in total. The number of hydrogen-bond acceptors (Lipinski definition) is 1. The van der Waals surface area contributed by atoms with Crippen molar-refractivity contribution in [2.75, 3.05) is 6.61 Å². The third-order valence-electron chi connectivity index (χ3n) is 6.22. The van der Waals surface area contributed by atoms with Gasteiger partial charge >= 0.3 is 0 Å². The Bertz CT molecular complexity index is 925. The van der Waals surface area contributed by atoms with Crippen molar-refractivity contribution >= 4 is 17.2 Å². The summed E-state index contributed by atoms with van der Waals surface area (Å²) in [5, 5.41) is 0.221. The number of allylic oxidation sites excluding steroid dienone is 4. The van der Waals surface area contributed by atoms with E-state index in [1.54, 1.807) is 0 Å². The molecule has 2 aliphatic rings. The van der Waals surface area contributed by atoms with Crippen LogP contribution in [0.4, 0.5) is 4.39 Å². The molecule has 0 aromatic heterocycles. The van der Waals surface area contributed by atoms with Gasteiger partial charge in [-0.25, -0.2) is 4.39 Å². The molecule has 0 spiro atoms. The molecule has 158 valence electrons.